The van der Waals surface area contributed by atoms with Gasteiger partial charge in [0.05, 0.1) is 17.0 Å². The number of benzene rings is 1. The van der Waals surface area contributed by atoms with Crippen molar-refractivity contribution in [1.29, 1.82) is 0 Å². The molecule has 0 amide bonds. The van der Waals surface area contributed by atoms with Crippen molar-refractivity contribution < 1.29 is 17.6 Å². The van der Waals surface area contributed by atoms with Crippen molar-refractivity contribution in [3.63, 3.8) is 0 Å². The summed E-state index contributed by atoms with van der Waals surface area (Å²) in [6, 6.07) is 3.94. The van der Waals surface area contributed by atoms with Crippen LogP contribution in [0.4, 0.5) is 0 Å². The minimum absolute atomic E-state index is 0.0438. The summed E-state index contributed by atoms with van der Waals surface area (Å²) in [4.78, 5) is 11.4. The number of aryl methyl sites for hydroxylation is 1. The molecule has 1 aromatic heterocycles. The van der Waals surface area contributed by atoms with Crippen molar-refractivity contribution in [2.24, 2.45) is 7.05 Å². The Bertz CT molecular complexity index is 775. The first-order valence-corrected chi connectivity index (χ1v) is 7.44. The molecule has 1 heterocycles. The largest absolute Gasteiger partial charge is 0.419 e. The van der Waals surface area contributed by atoms with Crippen LogP contribution in [0.25, 0.3) is 11.1 Å². The number of hydrogen-bond donors (Lipinski definition) is 1. The summed E-state index contributed by atoms with van der Waals surface area (Å²) in [5.74, 6) is -0.532. The molecule has 1 N–H and O–H groups in total. The number of rotatable bonds is 5. The van der Waals surface area contributed by atoms with Crippen LogP contribution in [0.2, 0.25) is 0 Å². The molecule has 0 aliphatic carbocycles. The van der Waals surface area contributed by atoms with Gasteiger partial charge in [0.1, 0.15) is 0 Å². The molecule has 0 bridgehead atoms. The fraction of sp³-hybridized carbons (Fsp3) is 0.417. The Hall–Kier alpha value is -1.64. The number of sulfonamides is 1. The van der Waals surface area contributed by atoms with Gasteiger partial charge in [0.2, 0.25) is 10.0 Å². The third-order valence-electron chi connectivity index (χ3n) is 2.85. The molecule has 1 atom stereocenters. The van der Waals surface area contributed by atoms with Gasteiger partial charge in [-0.15, -0.1) is 0 Å². The van der Waals surface area contributed by atoms with Crippen molar-refractivity contribution in [3.8, 4) is 0 Å². The number of nitrogens with zero attached hydrogens (tertiary/aromatic N) is 1. The van der Waals surface area contributed by atoms with Crippen LogP contribution in [0, 0.1) is 0 Å². The first kappa shape index (κ1) is 14.8. The zero-order valence-electron chi connectivity index (χ0n) is 11.4. The second kappa shape index (κ2) is 5.39. The van der Waals surface area contributed by atoms with Gasteiger partial charge in [-0.3, -0.25) is 4.57 Å². The molecule has 0 spiro atoms. The van der Waals surface area contributed by atoms with Gasteiger partial charge in [-0.1, -0.05) is 0 Å². The molecule has 2 aromatic rings. The van der Waals surface area contributed by atoms with Crippen molar-refractivity contribution in [3.05, 3.63) is 28.7 Å². The maximum atomic E-state index is 12.2. The zero-order chi connectivity index (χ0) is 14.9. The second-order valence-corrected chi connectivity index (χ2v) is 6.25. The summed E-state index contributed by atoms with van der Waals surface area (Å²) < 4.78 is 38.0. The van der Waals surface area contributed by atoms with Crippen LogP contribution in [0.1, 0.15) is 6.92 Å². The minimum Gasteiger partial charge on any atom is -0.408 e. The van der Waals surface area contributed by atoms with Gasteiger partial charge in [-0.2, -0.15) is 0 Å². The number of oxazole rings is 1. The number of fused-ring (bicyclic) bond motifs is 1. The fourth-order valence-electron chi connectivity index (χ4n) is 1.90. The van der Waals surface area contributed by atoms with Gasteiger partial charge in [0.15, 0.2) is 5.58 Å². The van der Waals surface area contributed by atoms with E-state index in [0.29, 0.717) is 5.52 Å². The van der Waals surface area contributed by atoms with Crippen molar-refractivity contribution in [1.82, 2.24) is 9.29 Å². The smallest absolute Gasteiger partial charge is 0.408 e. The molecule has 0 fully saturated rings. The second-order valence-electron chi connectivity index (χ2n) is 4.53. The van der Waals surface area contributed by atoms with Gasteiger partial charge in [0.25, 0.3) is 0 Å². The van der Waals surface area contributed by atoms with E-state index in [4.69, 9.17) is 9.15 Å². The molecule has 0 unspecified atom stereocenters. The van der Waals surface area contributed by atoms with Crippen LogP contribution in [-0.2, 0) is 21.8 Å². The molecule has 0 saturated heterocycles. The lowest BCUT2D eigenvalue weighted by molar-refractivity contribution is 0.180. The number of aromatic nitrogens is 1. The Morgan fingerprint density at radius 2 is 2.15 bits per heavy atom. The number of methoxy groups -OCH3 is 1. The maximum Gasteiger partial charge on any atom is 0.419 e. The van der Waals surface area contributed by atoms with Crippen LogP contribution < -0.4 is 10.5 Å². The molecule has 7 nitrogen and oxygen atoms in total. The third kappa shape index (κ3) is 2.77. The van der Waals surface area contributed by atoms with E-state index < -0.39 is 15.8 Å². The monoisotopic (exact) mass is 300 g/mol. The topological polar surface area (TPSA) is 90.5 Å². The standard InChI is InChI=1S/C12H16N2O5S/c1-8(7-18-3)13-20(16,17)9-4-5-10-11(6-9)19-12(15)14(10)2/h4-6,8,13H,7H2,1-3H3/t8-/m1/s1. The summed E-state index contributed by atoms with van der Waals surface area (Å²) in [6.07, 6.45) is 0. The first-order valence-electron chi connectivity index (χ1n) is 5.96. The number of hydrogen-bond acceptors (Lipinski definition) is 5. The highest BCUT2D eigenvalue weighted by atomic mass is 32.2. The SMILES string of the molecule is COC[C@@H](C)NS(=O)(=O)c1ccc2c(c1)oc(=O)n2C. The van der Waals surface area contributed by atoms with Crippen LogP contribution >= 0.6 is 0 Å². The van der Waals surface area contributed by atoms with Gasteiger partial charge >= 0.3 is 5.76 Å². The van der Waals surface area contributed by atoms with E-state index in [1.54, 1.807) is 14.0 Å². The lowest BCUT2D eigenvalue weighted by Gasteiger charge is -2.13. The quantitative estimate of drug-likeness (QED) is 0.865. The highest BCUT2D eigenvalue weighted by Gasteiger charge is 2.19. The molecule has 0 saturated carbocycles. The Morgan fingerprint density at radius 1 is 1.45 bits per heavy atom. The summed E-state index contributed by atoms with van der Waals surface area (Å²) in [5, 5.41) is 0. The van der Waals surface area contributed by atoms with E-state index in [1.165, 1.54) is 29.9 Å². The Balaban J connectivity index is 2.40. The summed E-state index contributed by atoms with van der Waals surface area (Å²) >= 11 is 0. The average Bonchev–Trinajstić information content (AvgIpc) is 2.64. The van der Waals surface area contributed by atoms with Crippen molar-refractivity contribution in [2.45, 2.75) is 17.9 Å². The molecule has 110 valence electrons. The van der Waals surface area contributed by atoms with E-state index in [0.717, 1.165) is 0 Å². The highest BCUT2D eigenvalue weighted by Crippen LogP contribution is 2.18. The van der Waals surface area contributed by atoms with Crippen molar-refractivity contribution in [2.75, 3.05) is 13.7 Å². The zero-order valence-corrected chi connectivity index (χ0v) is 12.2. The van der Waals surface area contributed by atoms with E-state index in [9.17, 15) is 13.2 Å². The van der Waals surface area contributed by atoms with E-state index in [2.05, 4.69) is 4.72 Å². The summed E-state index contributed by atoms with van der Waals surface area (Å²) in [6.45, 7) is 1.96. The Labute approximate surface area is 116 Å². The van der Waals surface area contributed by atoms with E-state index >= 15 is 0 Å². The predicted molar refractivity (Wildman–Crippen MR) is 73.1 cm³/mol. The Morgan fingerprint density at radius 3 is 2.80 bits per heavy atom. The average molecular weight is 300 g/mol. The predicted octanol–water partition coefficient (Wildman–Crippen LogP) is 0.445. The molecule has 2 rings (SSSR count). The molecule has 1 aromatic carbocycles. The highest BCUT2D eigenvalue weighted by molar-refractivity contribution is 7.89. The van der Waals surface area contributed by atoms with Crippen molar-refractivity contribution >= 4 is 21.1 Å². The van der Waals surface area contributed by atoms with Crippen LogP contribution in [-0.4, -0.2) is 32.7 Å². The molecular formula is C12H16N2O5S. The molecule has 8 heteroatoms. The number of nitrogens with one attached hydrogen (secondary N) is 1. The van der Waals surface area contributed by atoms with Crippen LogP contribution in [0.3, 0.4) is 0 Å². The van der Waals surface area contributed by atoms with Crippen LogP contribution in [0.5, 0.6) is 0 Å². The first-order chi connectivity index (χ1) is 9.35. The molecule has 0 aliphatic rings. The fourth-order valence-corrected chi connectivity index (χ4v) is 3.14. The number of ether oxygens (including phenoxy) is 1. The normalized spacial score (nSPS) is 13.8. The van der Waals surface area contributed by atoms with Gasteiger partial charge in [-0.25, -0.2) is 17.9 Å². The van der Waals surface area contributed by atoms with Gasteiger partial charge < -0.3 is 9.15 Å². The lowest BCUT2D eigenvalue weighted by atomic mass is 10.3. The summed E-state index contributed by atoms with van der Waals surface area (Å²) in [7, 11) is -0.626. The molecule has 0 radical (unpaired) electrons. The minimum atomic E-state index is -3.68. The third-order valence-corrected chi connectivity index (χ3v) is 4.43. The van der Waals surface area contributed by atoms with Gasteiger partial charge in [-0.05, 0) is 19.1 Å². The molecule has 0 aliphatic heterocycles. The lowest BCUT2D eigenvalue weighted by Crippen LogP contribution is -2.35. The molecule has 20 heavy (non-hydrogen) atoms. The van der Waals surface area contributed by atoms with Gasteiger partial charge in [0, 0.05) is 26.3 Å². The maximum absolute atomic E-state index is 12.2. The van der Waals surface area contributed by atoms with E-state index in [1.807, 2.05) is 0 Å². The molecular weight excluding hydrogens is 284 g/mol. The summed E-state index contributed by atoms with van der Waals surface area (Å²) in [5.41, 5.74) is 0.777. The Kier molecular flexibility index (Phi) is 3.98. The van der Waals surface area contributed by atoms with Crippen LogP contribution in [0.15, 0.2) is 32.3 Å². The van der Waals surface area contributed by atoms with E-state index in [-0.39, 0.29) is 23.1 Å².